The van der Waals surface area contributed by atoms with Gasteiger partial charge in [-0.2, -0.15) is 4.98 Å². The standard InChI is InChI=1S/C28H29ClN6O3/c1-19-14-27(33-28(32-19)34-10-12-36-13-11-34)35(17-20-2-5-25-26(15-20)38-18-37-25)9-8-31-23-6-7-30-24-16-21(29)3-4-22(23)24/h2-7,14-16H,8-13,17-18H2,1H3,(H,30,31). The third kappa shape index (κ3) is 5.39. The average Bonchev–Trinajstić information content (AvgIpc) is 3.40. The molecule has 0 aliphatic carbocycles. The van der Waals surface area contributed by atoms with Crippen molar-refractivity contribution in [3.05, 3.63) is 71.0 Å². The Kier molecular flexibility index (Phi) is 7.02. The first-order valence-corrected chi connectivity index (χ1v) is 13.1. The summed E-state index contributed by atoms with van der Waals surface area (Å²) in [7, 11) is 0. The van der Waals surface area contributed by atoms with E-state index in [1.165, 1.54) is 0 Å². The number of aryl methyl sites for hydroxylation is 1. The molecular weight excluding hydrogens is 504 g/mol. The van der Waals surface area contributed by atoms with Gasteiger partial charge >= 0.3 is 0 Å². The number of nitrogens with zero attached hydrogens (tertiary/aromatic N) is 5. The van der Waals surface area contributed by atoms with Crippen LogP contribution in [0, 0.1) is 6.92 Å². The number of morpholine rings is 1. The number of benzene rings is 2. The van der Waals surface area contributed by atoms with Crippen molar-refractivity contribution in [3.63, 3.8) is 0 Å². The summed E-state index contributed by atoms with van der Waals surface area (Å²) in [6, 6.07) is 15.9. The van der Waals surface area contributed by atoms with E-state index in [0.717, 1.165) is 64.2 Å². The third-order valence-corrected chi connectivity index (χ3v) is 6.89. The van der Waals surface area contributed by atoms with Crippen LogP contribution < -0.4 is 24.6 Å². The smallest absolute Gasteiger partial charge is 0.231 e. The van der Waals surface area contributed by atoms with Gasteiger partial charge in [0, 0.05) is 66.8 Å². The lowest BCUT2D eigenvalue weighted by molar-refractivity contribution is 0.122. The lowest BCUT2D eigenvalue weighted by Gasteiger charge is -2.29. The zero-order chi connectivity index (χ0) is 25.9. The SMILES string of the molecule is Cc1cc(N(CCNc2ccnc3cc(Cl)ccc23)Cc2ccc3c(c2)OCO3)nc(N2CCOCC2)n1. The number of ether oxygens (including phenoxy) is 3. The Morgan fingerprint density at radius 1 is 1.00 bits per heavy atom. The van der Waals surface area contributed by atoms with Crippen LogP contribution in [0.5, 0.6) is 11.5 Å². The van der Waals surface area contributed by atoms with Crippen LogP contribution in [0.4, 0.5) is 17.5 Å². The van der Waals surface area contributed by atoms with Crippen LogP contribution >= 0.6 is 11.6 Å². The fourth-order valence-corrected chi connectivity index (χ4v) is 4.90. The van der Waals surface area contributed by atoms with Crippen LogP contribution in [0.2, 0.25) is 5.02 Å². The van der Waals surface area contributed by atoms with Crippen LogP contribution in [0.25, 0.3) is 10.9 Å². The van der Waals surface area contributed by atoms with Crippen molar-refractivity contribution in [1.82, 2.24) is 15.0 Å². The molecule has 0 bridgehead atoms. The van der Waals surface area contributed by atoms with Gasteiger partial charge in [0.25, 0.3) is 0 Å². The molecule has 4 heterocycles. The lowest BCUT2D eigenvalue weighted by atomic mass is 10.1. The highest BCUT2D eigenvalue weighted by atomic mass is 35.5. The van der Waals surface area contributed by atoms with Gasteiger partial charge in [-0.1, -0.05) is 17.7 Å². The molecule has 0 saturated carbocycles. The van der Waals surface area contributed by atoms with Gasteiger partial charge in [-0.3, -0.25) is 4.98 Å². The number of fused-ring (bicyclic) bond motifs is 2. The van der Waals surface area contributed by atoms with E-state index in [2.05, 4.69) is 26.2 Å². The number of halogens is 1. The molecule has 196 valence electrons. The van der Waals surface area contributed by atoms with Crippen LogP contribution in [0.3, 0.4) is 0 Å². The van der Waals surface area contributed by atoms with Gasteiger partial charge in [0.05, 0.1) is 18.7 Å². The molecule has 6 rings (SSSR count). The van der Waals surface area contributed by atoms with E-state index in [9.17, 15) is 0 Å². The van der Waals surface area contributed by atoms with Crippen molar-refractivity contribution in [2.75, 3.05) is 61.3 Å². The summed E-state index contributed by atoms with van der Waals surface area (Å²) < 4.78 is 16.6. The number of hydrogen-bond donors (Lipinski definition) is 1. The molecule has 1 N–H and O–H groups in total. The molecule has 0 amide bonds. The number of rotatable bonds is 8. The minimum Gasteiger partial charge on any atom is -0.454 e. The summed E-state index contributed by atoms with van der Waals surface area (Å²) in [5, 5.41) is 5.29. The average molecular weight is 533 g/mol. The number of nitrogens with one attached hydrogen (secondary N) is 1. The summed E-state index contributed by atoms with van der Waals surface area (Å²) in [4.78, 5) is 18.6. The van der Waals surface area contributed by atoms with Crippen molar-refractivity contribution in [2.24, 2.45) is 0 Å². The van der Waals surface area contributed by atoms with Crippen molar-refractivity contribution < 1.29 is 14.2 Å². The van der Waals surface area contributed by atoms with E-state index in [0.29, 0.717) is 37.9 Å². The predicted molar refractivity (Wildman–Crippen MR) is 149 cm³/mol. The Morgan fingerprint density at radius 2 is 1.87 bits per heavy atom. The van der Waals surface area contributed by atoms with E-state index >= 15 is 0 Å². The molecule has 2 aromatic carbocycles. The van der Waals surface area contributed by atoms with E-state index in [1.54, 1.807) is 6.20 Å². The second-order valence-corrected chi connectivity index (χ2v) is 9.76. The fourth-order valence-electron chi connectivity index (χ4n) is 4.74. The molecule has 1 fully saturated rings. The molecule has 9 nitrogen and oxygen atoms in total. The maximum absolute atomic E-state index is 6.17. The van der Waals surface area contributed by atoms with Gasteiger partial charge in [0.1, 0.15) is 5.82 Å². The van der Waals surface area contributed by atoms with Gasteiger partial charge < -0.3 is 29.3 Å². The molecule has 1 saturated heterocycles. The Morgan fingerprint density at radius 3 is 2.76 bits per heavy atom. The second kappa shape index (κ2) is 10.9. The molecule has 10 heteroatoms. The molecule has 0 unspecified atom stereocenters. The second-order valence-electron chi connectivity index (χ2n) is 9.32. The highest BCUT2D eigenvalue weighted by Gasteiger charge is 2.19. The van der Waals surface area contributed by atoms with E-state index in [1.807, 2.05) is 49.4 Å². The van der Waals surface area contributed by atoms with Crippen molar-refractivity contribution in [2.45, 2.75) is 13.5 Å². The monoisotopic (exact) mass is 532 g/mol. The zero-order valence-corrected chi connectivity index (χ0v) is 21.9. The Hall–Kier alpha value is -3.82. The summed E-state index contributed by atoms with van der Waals surface area (Å²) in [6.45, 7) is 7.27. The number of pyridine rings is 1. The normalized spacial score (nSPS) is 14.6. The van der Waals surface area contributed by atoms with Gasteiger partial charge in [-0.15, -0.1) is 0 Å². The minimum atomic E-state index is 0.255. The minimum absolute atomic E-state index is 0.255. The number of hydrogen-bond acceptors (Lipinski definition) is 9. The lowest BCUT2D eigenvalue weighted by Crippen LogP contribution is -2.38. The van der Waals surface area contributed by atoms with E-state index in [4.69, 9.17) is 35.8 Å². The maximum atomic E-state index is 6.17. The molecular formula is C28H29ClN6O3. The van der Waals surface area contributed by atoms with E-state index in [-0.39, 0.29) is 6.79 Å². The highest BCUT2D eigenvalue weighted by Crippen LogP contribution is 2.33. The Bertz CT molecular complexity index is 1450. The molecule has 2 aromatic heterocycles. The Balaban J connectivity index is 1.26. The van der Waals surface area contributed by atoms with Gasteiger partial charge in [0.2, 0.25) is 12.7 Å². The fraction of sp³-hybridized carbons (Fsp3) is 0.321. The Labute approximate surface area is 226 Å². The number of anilines is 3. The topological polar surface area (TPSA) is 84.9 Å². The van der Waals surface area contributed by atoms with Gasteiger partial charge in [-0.25, -0.2) is 4.98 Å². The maximum Gasteiger partial charge on any atom is 0.231 e. The molecule has 2 aliphatic heterocycles. The van der Waals surface area contributed by atoms with Crippen molar-refractivity contribution >= 4 is 40.0 Å². The largest absolute Gasteiger partial charge is 0.454 e. The van der Waals surface area contributed by atoms with Gasteiger partial charge in [-0.05, 0) is 48.9 Å². The molecule has 38 heavy (non-hydrogen) atoms. The first kappa shape index (κ1) is 24.5. The summed E-state index contributed by atoms with van der Waals surface area (Å²) in [5.74, 6) is 3.17. The molecule has 4 aromatic rings. The molecule has 0 radical (unpaired) electrons. The first-order chi connectivity index (χ1) is 18.6. The summed E-state index contributed by atoms with van der Waals surface area (Å²) >= 11 is 6.17. The molecule has 0 atom stereocenters. The van der Waals surface area contributed by atoms with Crippen LogP contribution in [0.1, 0.15) is 11.3 Å². The van der Waals surface area contributed by atoms with Crippen LogP contribution in [-0.2, 0) is 11.3 Å². The summed E-state index contributed by atoms with van der Waals surface area (Å²) in [6.07, 6.45) is 1.80. The van der Waals surface area contributed by atoms with Gasteiger partial charge in [0.15, 0.2) is 11.5 Å². The van der Waals surface area contributed by atoms with Crippen molar-refractivity contribution in [1.29, 1.82) is 0 Å². The van der Waals surface area contributed by atoms with Crippen molar-refractivity contribution in [3.8, 4) is 11.5 Å². The predicted octanol–water partition coefficient (Wildman–Crippen LogP) is 4.67. The van der Waals surface area contributed by atoms with Crippen LogP contribution in [-0.4, -0.2) is 61.1 Å². The third-order valence-electron chi connectivity index (χ3n) is 6.66. The molecule has 0 spiro atoms. The first-order valence-electron chi connectivity index (χ1n) is 12.7. The van der Waals surface area contributed by atoms with Crippen LogP contribution in [0.15, 0.2) is 54.7 Å². The highest BCUT2D eigenvalue weighted by molar-refractivity contribution is 6.31. The van der Waals surface area contributed by atoms with E-state index < -0.39 is 0 Å². The number of aromatic nitrogens is 3. The quantitative estimate of drug-likeness (QED) is 0.348. The molecule has 2 aliphatic rings. The summed E-state index contributed by atoms with van der Waals surface area (Å²) in [5.41, 5.74) is 3.92. The zero-order valence-electron chi connectivity index (χ0n) is 21.2.